The number of hydrogen-bond donors (Lipinski definition) is 4. The fourth-order valence-corrected chi connectivity index (χ4v) is 5.32. The van der Waals surface area contributed by atoms with Crippen LogP contribution in [0.3, 0.4) is 0 Å². The Morgan fingerprint density at radius 2 is 2.05 bits per heavy atom. The number of benzene rings is 2. The first-order chi connectivity index (χ1) is 18.3. The molecule has 0 spiro atoms. The minimum Gasteiger partial charge on any atom is -0.395 e. The van der Waals surface area contributed by atoms with Crippen LogP contribution in [-0.2, 0) is 9.53 Å². The number of primary amides is 1. The number of rotatable bonds is 8. The Kier molecular flexibility index (Phi) is 7.07. The zero-order valence-electron chi connectivity index (χ0n) is 20.1. The Bertz CT molecular complexity index is 1510. The second-order valence-electron chi connectivity index (χ2n) is 8.87. The average Bonchev–Trinajstić information content (AvgIpc) is 3.65. The molecule has 2 aromatic carbocycles. The molecule has 0 radical (unpaired) electrons. The number of nitrogen functional groups attached to an aromatic ring is 1. The lowest BCUT2D eigenvalue weighted by atomic mass is 10.0. The van der Waals surface area contributed by atoms with E-state index < -0.39 is 29.6 Å². The lowest BCUT2D eigenvalue weighted by Gasteiger charge is -2.31. The number of nitrogens with one attached hydrogen (secondary N) is 2. The number of carbonyl (C=O) groups excluding carboxylic acids is 3. The second kappa shape index (κ2) is 10.6. The lowest BCUT2D eigenvalue weighted by Crippen LogP contribution is -2.45. The number of anilines is 2. The summed E-state index contributed by atoms with van der Waals surface area (Å²) in [6.45, 7) is 0.866. The fraction of sp³-hybridized carbons (Fsp3) is 0.231. The smallest absolute Gasteiger partial charge is 0.273 e. The van der Waals surface area contributed by atoms with Crippen molar-refractivity contribution in [3.63, 3.8) is 0 Å². The summed E-state index contributed by atoms with van der Waals surface area (Å²) in [5, 5.41) is 3.61. The largest absolute Gasteiger partial charge is 0.395 e. The molecule has 6 N–H and O–H groups in total. The third kappa shape index (κ3) is 4.83. The molecule has 1 fully saturated rings. The van der Waals surface area contributed by atoms with E-state index in [0.29, 0.717) is 29.1 Å². The Morgan fingerprint density at radius 1 is 1.24 bits per heavy atom. The van der Waals surface area contributed by atoms with Gasteiger partial charge < -0.3 is 26.5 Å². The molecule has 1 saturated heterocycles. The number of fused-ring (bicyclic) bond motifs is 1. The fourth-order valence-electron chi connectivity index (χ4n) is 4.58. The first kappa shape index (κ1) is 25.4. The van der Waals surface area contributed by atoms with Crippen LogP contribution in [0.15, 0.2) is 54.7 Å². The van der Waals surface area contributed by atoms with Gasteiger partial charge in [-0.15, -0.1) is 0 Å². The quantitative estimate of drug-likeness (QED) is 0.271. The second-order valence-corrected chi connectivity index (χ2v) is 9.64. The van der Waals surface area contributed by atoms with Crippen molar-refractivity contribution in [2.24, 2.45) is 5.73 Å². The van der Waals surface area contributed by atoms with Gasteiger partial charge in [-0.05, 0) is 48.6 Å². The number of para-hydroxylation sites is 1. The van der Waals surface area contributed by atoms with Crippen molar-refractivity contribution in [1.82, 2.24) is 14.7 Å². The summed E-state index contributed by atoms with van der Waals surface area (Å²) in [6.07, 6.45) is 3.20. The summed E-state index contributed by atoms with van der Waals surface area (Å²) >= 11 is 0.683. The summed E-state index contributed by atoms with van der Waals surface area (Å²) in [7, 11) is 0. The minimum atomic E-state index is -1.24. The molecule has 5 rings (SSSR count). The average molecular weight is 537 g/mol. The van der Waals surface area contributed by atoms with Gasteiger partial charge in [0.05, 0.1) is 11.8 Å². The van der Waals surface area contributed by atoms with Gasteiger partial charge in [-0.2, -0.15) is 4.37 Å². The van der Waals surface area contributed by atoms with Gasteiger partial charge >= 0.3 is 0 Å². The van der Waals surface area contributed by atoms with E-state index in [9.17, 15) is 18.8 Å². The van der Waals surface area contributed by atoms with Crippen molar-refractivity contribution in [2.75, 3.05) is 23.8 Å². The van der Waals surface area contributed by atoms with Crippen LogP contribution in [-0.4, -0.2) is 46.3 Å². The summed E-state index contributed by atoms with van der Waals surface area (Å²) in [6, 6.07) is 11.4. The van der Waals surface area contributed by atoms with Crippen LogP contribution in [0.25, 0.3) is 10.9 Å². The van der Waals surface area contributed by atoms with Crippen LogP contribution in [0, 0.1) is 5.82 Å². The summed E-state index contributed by atoms with van der Waals surface area (Å²) < 4.78 is 24.0. The first-order valence-electron chi connectivity index (χ1n) is 11.9. The van der Waals surface area contributed by atoms with Crippen molar-refractivity contribution in [2.45, 2.75) is 25.0 Å². The number of H-pyrrole nitrogens is 1. The topological polar surface area (TPSA) is 156 Å². The standard InChI is InChI=1S/C26H25FN6O4S/c27-14-5-3-6-15(11-14)33(26(36)23-20(28)21(24(29)34)32-38-23)22(25(35)31-12-16-7-4-10-37-16)18-13-30-19-9-2-1-8-17(18)19/h1-3,5-6,8-9,11,13,16,22,30H,4,7,10,12,28H2,(H2,29,34)(H,31,35)/t16-,22-/m1/s1. The van der Waals surface area contributed by atoms with Crippen molar-refractivity contribution in [3.05, 3.63) is 76.7 Å². The molecule has 38 heavy (non-hydrogen) atoms. The highest BCUT2D eigenvalue weighted by atomic mass is 32.1. The first-order valence-corrected chi connectivity index (χ1v) is 12.7. The molecule has 3 heterocycles. The van der Waals surface area contributed by atoms with Gasteiger partial charge in [-0.25, -0.2) is 4.39 Å². The molecule has 2 atom stereocenters. The summed E-state index contributed by atoms with van der Waals surface area (Å²) in [4.78, 5) is 43.9. The molecule has 12 heteroatoms. The van der Waals surface area contributed by atoms with E-state index >= 15 is 0 Å². The van der Waals surface area contributed by atoms with Crippen LogP contribution in [0.4, 0.5) is 15.8 Å². The van der Waals surface area contributed by atoms with Crippen LogP contribution in [0.5, 0.6) is 0 Å². The molecule has 196 valence electrons. The molecular weight excluding hydrogens is 511 g/mol. The zero-order chi connectivity index (χ0) is 26.8. The molecule has 2 aromatic heterocycles. The molecule has 3 amide bonds. The molecule has 0 saturated carbocycles. The van der Waals surface area contributed by atoms with E-state index in [0.717, 1.165) is 29.3 Å². The third-order valence-electron chi connectivity index (χ3n) is 6.41. The molecule has 1 aliphatic heterocycles. The predicted octanol–water partition coefficient (Wildman–Crippen LogP) is 3.13. The van der Waals surface area contributed by atoms with Crippen LogP contribution >= 0.6 is 11.5 Å². The van der Waals surface area contributed by atoms with E-state index in [-0.39, 0.29) is 34.6 Å². The Labute approximate surface area is 220 Å². The molecule has 0 aliphatic carbocycles. The number of halogens is 1. The highest BCUT2D eigenvalue weighted by Gasteiger charge is 2.37. The van der Waals surface area contributed by atoms with Gasteiger partial charge in [0.15, 0.2) is 5.69 Å². The maximum atomic E-state index is 14.4. The molecule has 4 aromatic rings. The highest BCUT2D eigenvalue weighted by Crippen LogP contribution is 2.36. The van der Waals surface area contributed by atoms with Crippen molar-refractivity contribution in [1.29, 1.82) is 0 Å². The molecular formula is C26H25FN6O4S. The number of amides is 3. The number of ether oxygens (including phenoxy) is 1. The highest BCUT2D eigenvalue weighted by molar-refractivity contribution is 7.09. The van der Waals surface area contributed by atoms with Crippen LogP contribution < -0.4 is 21.7 Å². The lowest BCUT2D eigenvalue weighted by molar-refractivity contribution is -0.123. The number of nitrogens with two attached hydrogens (primary N) is 2. The van der Waals surface area contributed by atoms with Gasteiger partial charge in [0, 0.05) is 41.5 Å². The predicted molar refractivity (Wildman–Crippen MR) is 141 cm³/mol. The Hall–Kier alpha value is -4.29. The molecule has 0 bridgehead atoms. The number of aromatic nitrogens is 2. The molecule has 10 nitrogen and oxygen atoms in total. The summed E-state index contributed by atoms with van der Waals surface area (Å²) in [5.41, 5.74) is 12.3. The van der Waals surface area contributed by atoms with E-state index in [2.05, 4.69) is 14.7 Å². The van der Waals surface area contributed by atoms with Crippen molar-refractivity contribution in [3.8, 4) is 0 Å². The van der Waals surface area contributed by atoms with Gasteiger partial charge in [0.1, 0.15) is 16.7 Å². The molecule has 1 aliphatic rings. The molecule has 0 unspecified atom stereocenters. The van der Waals surface area contributed by atoms with Gasteiger partial charge in [-0.1, -0.05) is 24.3 Å². The van der Waals surface area contributed by atoms with Gasteiger partial charge in [0.2, 0.25) is 5.91 Å². The number of carbonyl (C=O) groups is 3. The third-order valence-corrected chi connectivity index (χ3v) is 7.26. The summed E-state index contributed by atoms with van der Waals surface area (Å²) in [5.74, 6) is -2.73. The van der Waals surface area contributed by atoms with Gasteiger partial charge in [0.25, 0.3) is 11.8 Å². The number of hydrogen-bond acceptors (Lipinski definition) is 7. The van der Waals surface area contributed by atoms with Crippen molar-refractivity contribution < 1.29 is 23.5 Å². The normalized spacial score (nSPS) is 15.9. The van der Waals surface area contributed by atoms with E-state index in [4.69, 9.17) is 16.2 Å². The Morgan fingerprint density at radius 3 is 2.76 bits per heavy atom. The number of aromatic amines is 1. The SMILES string of the molecule is NC(=O)c1nsc(C(=O)N(c2cccc(F)c2)[C@@H](C(=O)NC[C@H]2CCCO2)c2c[nH]c3ccccc23)c1N. The van der Waals surface area contributed by atoms with Gasteiger partial charge in [-0.3, -0.25) is 19.3 Å². The monoisotopic (exact) mass is 536 g/mol. The van der Waals surface area contributed by atoms with Crippen LogP contribution in [0.2, 0.25) is 0 Å². The van der Waals surface area contributed by atoms with Crippen molar-refractivity contribution >= 4 is 51.5 Å². The van der Waals surface area contributed by atoms with Crippen LogP contribution in [0.1, 0.15) is 44.6 Å². The Balaban J connectivity index is 1.65. The number of nitrogens with zero attached hydrogens (tertiary/aromatic N) is 2. The van der Waals surface area contributed by atoms with E-state index in [1.54, 1.807) is 6.20 Å². The zero-order valence-corrected chi connectivity index (χ0v) is 21.0. The van der Waals surface area contributed by atoms with E-state index in [1.807, 2.05) is 24.3 Å². The van der Waals surface area contributed by atoms with E-state index in [1.165, 1.54) is 18.2 Å². The maximum absolute atomic E-state index is 14.4. The minimum absolute atomic E-state index is 0.0974. The maximum Gasteiger partial charge on any atom is 0.273 e.